The molecule has 0 atom stereocenters. The molecule has 0 unspecified atom stereocenters. The van der Waals surface area contributed by atoms with Gasteiger partial charge in [-0.15, -0.1) is 0 Å². The number of unbranched alkanes of at least 4 members (excludes halogenated alkanes) is 3. The van der Waals surface area contributed by atoms with Crippen LogP contribution in [0.15, 0.2) is 41.9 Å². The van der Waals surface area contributed by atoms with Crippen LogP contribution >= 0.6 is 11.3 Å². The number of rotatable bonds is 15. The molecule has 190 valence electrons. The van der Waals surface area contributed by atoms with Crippen molar-refractivity contribution in [3.63, 3.8) is 0 Å². The summed E-state index contributed by atoms with van der Waals surface area (Å²) in [7, 11) is 0. The van der Waals surface area contributed by atoms with Gasteiger partial charge in [-0.1, -0.05) is 0 Å². The Morgan fingerprint density at radius 2 is 1.66 bits per heavy atom. The van der Waals surface area contributed by atoms with Crippen LogP contribution in [0.4, 0.5) is 5.69 Å². The number of oxime groups is 1. The van der Waals surface area contributed by atoms with Crippen LogP contribution in [0.1, 0.15) is 70.6 Å². The first kappa shape index (κ1) is 27.6. The first-order valence-electron chi connectivity index (χ1n) is 12.8. The van der Waals surface area contributed by atoms with E-state index in [1.807, 2.05) is 17.7 Å². The van der Waals surface area contributed by atoms with Gasteiger partial charge in [-0.05, 0) is 0 Å². The number of aromatic nitrogens is 2. The molecular formula is C26H38N4O3SSn. The fraction of sp³-hybridized carbons (Fsp3) is 0.538. The predicted octanol–water partition coefficient (Wildman–Crippen LogP) is 6.98. The number of hydrogen-bond donors (Lipinski definition) is 1. The van der Waals surface area contributed by atoms with Crippen LogP contribution < -0.4 is 2.89 Å². The second-order valence-electron chi connectivity index (χ2n) is 9.53. The molecule has 0 bridgehead atoms. The Morgan fingerprint density at radius 3 is 2.17 bits per heavy atom. The molecule has 0 fully saturated rings. The van der Waals surface area contributed by atoms with Crippen LogP contribution in [-0.2, 0) is 12.8 Å². The van der Waals surface area contributed by atoms with E-state index >= 15 is 0 Å². The van der Waals surface area contributed by atoms with Crippen molar-refractivity contribution in [2.24, 2.45) is 5.16 Å². The summed E-state index contributed by atoms with van der Waals surface area (Å²) in [5.41, 5.74) is 2.48. The van der Waals surface area contributed by atoms with Crippen LogP contribution in [0.5, 0.6) is 0 Å². The average molecular weight is 605 g/mol. The van der Waals surface area contributed by atoms with E-state index in [-0.39, 0.29) is 5.69 Å². The van der Waals surface area contributed by atoms with Gasteiger partial charge in [0.1, 0.15) is 0 Å². The van der Waals surface area contributed by atoms with Crippen LogP contribution in [0.25, 0.3) is 4.83 Å². The van der Waals surface area contributed by atoms with Crippen molar-refractivity contribution in [2.45, 2.75) is 85.4 Å². The van der Waals surface area contributed by atoms with Gasteiger partial charge in [0.25, 0.3) is 0 Å². The number of non-ortho nitro benzene ring substituents is 1. The quantitative estimate of drug-likeness (QED) is 0.0666. The summed E-state index contributed by atoms with van der Waals surface area (Å²) in [6.07, 6.45) is 12.9. The second kappa shape index (κ2) is 13.4. The predicted molar refractivity (Wildman–Crippen MR) is 147 cm³/mol. The number of benzene rings is 1. The molecule has 35 heavy (non-hydrogen) atoms. The third-order valence-electron chi connectivity index (χ3n) is 6.90. The topological polar surface area (TPSA) is 93.0 Å². The van der Waals surface area contributed by atoms with Crippen LogP contribution in [0.2, 0.25) is 13.3 Å². The van der Waals surface area contributed by atoms with Crippen molar-refractivity contribution in [1.29, 1.82) is 0 Å². The molecule has 0 aliphatic heterocycles. The van der Waals surface area contributed by atoms with Crippen LogP contribution in [-0.4, -0.2) is 43.6 Å². The van der Waals surface area contributed by atoms with E-state index in [0.29, 0.717) is 18.6 Å². The van der Waals surface area contributed by atoms with E-state index in [1.165, 1.54) is 64.0 Å². The zero-order chi connectivity index (χ0) is 25.3. The number of thiazole rings is 1. The third kappa shape index (κ3) is 7.06. The molecule has 3 rings (SSSR count). The monoisotopic (exact) mass is 606 g/mol. The van der Waals surface area contributed by atoms with Gasteiger partial charge in [0.2, 0.25) is 0 Å². The van der Waals surface area contributed by atoms with Gasteiger partial charge in [-0.2, -0.15) is 0 Å². The Kier molecular flexibility index (Phi) is 10.6. The zero-order valence-corrected chi connectivity index (χ0v) is 24.9. The van der Waals surface area contributed by atoms with Crippen molar-refractivity contribution < 1.29 is 10.1 Å². The van der Waals surface area contributed by atoms with Gasteiger partial charge in [-0.3, -0.25) is 10.1 Å². The molecule has 1 N–H and O–H groups in total. The molecular weight excluding hydrogens is 567 g/mol. The summed E-state index contributed by atoms with van der Waals surface area (Å²) >= 11 is -0.585. The van der Waals surface area contributed by atoms with Gasteiger partial charge < -0.3 is 0 Å². The molecule has 0 saturated heterocycles. The van der Waals surface area contributed by atoms with Crippen LogP contribution in [0.3, 0.4) is 0 Å². The maximum absolute atomic E-state index is 10.9. The Hall–Kier alpha value is -1.94. The Labute approximate surface area is 216 Å². The van der Waals surface area contributed by atoms with Gasteiger partial charge >= 0.3 is 207 Å². The third-order valence-corrected chi connectivity index (χ3v) is 26.2. The Balaban J connectivity index is 1.85. The van der Waals surface area contributed by atoms with E-state index in [1.54, 1.807) is 15.0 Å². The minimum atomic E-state index is -2.52. The van der Waals surface area contributed by atoms with E-state index in [0.717, 1.165) is 16.1 Å². The normalized spacial score (nSPS) is 12.5. The number of nitro groups is 1. The molecule has 0 aliphatic carbocycles. The Bertz CT molecular complexity index is 1100. The minimum absolute atomic E-state index is 0.0576. The first-order chi connectivity index (χ1) is 17.0. The van der Waals surface area contributed by atoms with Crippen molar-refractivity contribution >= 4 is 48.8 Å². The summed E-state index contributed by atoms with van der Waals surface area (Å²) in [6.45, 7) is 6.91. The molecule has 9 heteroatoms. The molecule has 1 aromatic carbocycles. The van der Waals surface area contributed by atoms with Gasteiger partial charge in [-0.25, -0.2) is 0 Å². The number of hydrogen-bond acceptors (Lipinski definition) is 6. The van der Waals surface area contributed by atoms with E-state index in [4.69, 9.17) is 0 Å². The Morgan fingerprint density at radius 1 is 1.06 bits per heavy atom. The van der Waals surface area contributed by atoms with Crippen molar-refractivity contribution in [3.05, 3.63) is 58.2 Å². The molecule has 3 aromatic rings. The number of nitro benzene ring substituents is 1. The van der Waals surface area contributed by atoms with Gasteiger partial charge in [0.05, 0.1) is 0 Å². The van der Waals surface area contributed by atoms with E-state index < -0.39 is 23.3 Å². The van der Waals surface area contributed by atoms with Crippen LogP contribution in [0, 0.1) is 10.1 Å². The van der Waals surface area contributed by atoms with Crippen molar-refractivity contribution in [1.82, 2.24) is 9.38 Å². The summed E-state index contributed by atoms with van der Waals surface area (Å²) in [5.74, 6) is 0. The number of fused-ring (bicyclic) bond motifs is 1. The molecule has 0 spiro atoms. The molecule has 2 aromatic heterocycles. The average Bonchev–Trinajstić information content (AvgIpc) is 3.46. The second-order valence-corrected chi connectivity index (χ2v) is 24.7. The van der Waals surface area contributed by atoms with E-state index in [2.05, 4.69) is 41.5 Å². The summed E-state index contributed by atoms with van der Waals surface area (Å²) in [5, 5.41) is 24.1. The zero-order valence-electron chi connectivity index (χ0n) is 21.2. The van der Waals surface area contributed by atoms with E-state index in [9.17, 15) is 15.3 Å². The molecule has 7 nitrogen and oxygen atoms in total. The molecule has 0 radical (unpaired) electrons. The summed E-state index contributed by atoms with van der Waals surface area (Å²) in [6, 6.07) is 6.40. The number of nitrogens with zero attached hydrogens (tertiary/aromatic N) is 4. The SMILES string of the molecule is CCC[CH2][Sn]([CH2]CCC)([CH2]CCC)[c]1cn2cnc(CC(Cc3ccc([N+](=O)[O-])cc3)=NO)c2s1. The van der Waals surface area contributed by atoms with Crippen molar-refractivity contribution in [3.8, 4) is 0 Å². The fourth-order valence-corrected chi connectivity index (χ4v) is 24.8. The first-order valence-corrected chi connectivity index (χ1v) is 21.1. The van der Waals surface area contributed by atoms with Gasteiger partial charge in [0.15, 0.2) is 0 Å². The van der Waals surface area contributed by atoms with Crippen molar-refractivity contribution in [2.75, 3.05) is 0 Å². The summed E-state index contributed by atoms with van der Waals surface area (Å²) < 4.78 is 8.14. The standard InChI is InChI=1S/C14H11N4O3S.3C4H9.Sn/c19-16-11(7-10-1-3-12(4-2-10)18(20)21)8-13-14-17(9-15-13)5-6-22-14;3*1-3-4-2;/h1-5,9,19H,7-8H2;3*1,3-4H2,2H3;. The maximum atomic E-state index is 10.9. The molecule has 0 saturated carbocycles. The molecule has 0 aliphatic rings. The van der Waals surface area contributed by atoms with Gasteiger partial charge in [0, 0.05) is 0 Å². The molecule has 2 heterocycles. The number of imidazole rings is 1. The fourth-order valence-electron chi connectivity index (χ4n) is 4.80. The summed E-state index contributed by atoms with van der Waals surface area (Å²) in [4.78, 5) is 16.3. The molecule has 0 amide bonds.